The molecule has 2 atom stereocenters. The molecule has 2 unspecified atom stereocenters. The highest BCUT2D eigenvalue weighted by Gasteiger charge is 2.22. The lowest BCUT2D eigenvalue weighted by molar-refractivity contribution is -0.134. The van der Waals surface area contributed by atoms with Crippen molar-refractivity contribution in [3.05, 3.63) is 29.8 Å². The summed E-state index contributed by atoms with van der Waals surface area (Å²) in [6.45, 7) is 8.30. The number of amides is 1. The fraction of sp³-hybridized carbons (Fsp3) is 0.619. The molecule has 1 aromatic rings. The standard InChI is InChI=1S/C21H34N4O2.HI/c1-16-9-5-6-11-19(16)27-18(3)15-24-21(22-4)23-13-12-20(26)25-14-8-7-10-17(25)2;/h5-6,9,11,17-18H,7-8,10,12-15H2,1-4H3,(H2,22,23,24);1H. The van der Waals surface area contributed by atoms with E-state index < -0.39 is 0 Å². The zero-order valence-corrected chi connectivity index (χ0v) is 19.9. The molecule has 1 heterocycles. The molecule has 28 heavy (non-hydrogen) atoms. The van der Waals surface area contributed by atoms with Crippen LogP contribution < -0.4 is 15.4 Å². The topological polar surface area (TPSA) is 66.0 Å². The van der Waals surface area contributed by atoms with Crippen LogP contribution in [0.2, 0.25) is 0 Å². The average Bonchev–Trinajstić information content (AvgIpc) is 2.66. The van der Waals surface area contributed by atoms with Gasteiger partial charge in [0.25, 0.3) is 0 Å². The molecule has 1 aliphatic heterocycles. The van der Waals surface area contributed by atoms with Crippen molar-refractivity contribution in [1.29, 1.82) is 0 Å². The van der Waals surface area contributed by atoms with Gasteiger partial charge in [-0.15, -0.1) is 24.0 Å². The van der Waals surface area contributed by atoms with E-state index in [1.807, 2.05) is 43.0 Å². The highest BCUT2D eigenvalue weighted by Crippen LogP contribution is 2.18. The molecule has 0 spiro atoms. The molecule has 0 saturated carbocycles. The Hall–Kier alpha value is -1.51. The fourth-order valence-corrected chi connectivity index (χ4v) is 3.31. The van der Waals surface area contributed by atoms with E-state index in [2.05, 4.69) is 22.5 Å². The van der Waals surface area contributed by atoms with Gasteiger partial charge in [0, 0.05) is 32.6 Å². The number of nitrogens with zero attached hydrogens (tertiary/aromatic N) is 2. The summed E-state index contributed by atoms with van der Waals surface area (Å²) in [7, 11) is 1.73. The summed E-state index contributed by atoms with van der Waals surface area (Å²) in [6, 6.07) is 8.36. The van der Waals surface area contributed by atoms with E-state index in [-0.39, 0.29) is 36.0 Å². The lowest BCUT2D eigenvalue weighted by Gasteiger charge is -2.33. The number of carbonyl (C=O) groups excluding carboxylic acids is 1. The first-order chi connectivity index (χ1) is 13.0. The first kappa shape index (κ1) is 24.5. The second-order valence-electron chi connectivity index (χ2n) is 7.26. The number of aliphatic imine (C=N–C) groups is 1. The molecule has 0 radical (unpaired) electrons. The number of carbonyl (C=O) groups is 1. The van der Waals surface area contributed by atoms with Crippen molar-refractivity contribution in [3.63, 3.8) is 0 Å². The van der Waals surface area contributed by atoms with E-state index in [0.29, 0.717) is 31.5 Å². The van der Waals surface area contributed by atoms with Gasteiger partial charge in [-0.25, -0.2) is 0 Å². The number of rotatable bonds is 7. The van der Waals surface area contributed by atoms with Gasteiger partial charge < -0.3 is 20.3 Å². The molecule has 0 bridgehead atoms. The van der Waals surface area contributed by atoms with Gasteiger partial charge in [-0.1, -0.05) is 18.2 Å². The number of para-hydroxylation sites is 1. The van der Waals surface area contributed by atoms with Crippen LogP contribution in [-0.2, 0) is 4.79 Å². The molecule has 7 heteroatoms. The van der Waals surface area contributed by atoms with Gasteiger partial charge in [0.05, 0.1) is 6.54 Å². The van der Waals surface area contributed by atoms with Crippen molar-refractivity contribution in [2.75, 3.05) is 26.7 Å². The van der Waals surface area contributed by atoms with Crippen LogP contribution in [0.25, 0.3) is 0 Å². The molecule has 2 rings (SSSR count). The summed E-state index contributed by atoms with van der Waals surface area (Å²) in [5.41, 5.74) is 1.12. The van der Waals surface area contributed by atoms with Gasteiger partial charge in [-0.2, -0.15) is 0 Å². The van der Waals surface area contributed by atoms with Gasteiger partial charge >= 0.3 is 0 Å². The third-order valence-corrected chi connectivity index (χ3v) is 4.96. The number of piperidine rings is 1. The minimum Gasteiger partial charge on any atom is -0.489 e. The van der Waals surface area contributed by atoms with Crippen LogP contribution in [0.1, 0.15) is 45.1 Å². The van der Waals surface area contributed by atoms with Gasteiger partial charge in [0.15, 0.2) is 5.96 Å². The Bertz CT molecular complexity index is 639. The first-order valence-electron chi connectivity index (χ1n) is 9.97. The summed E-state index contributed by atoms with van der Waals surface area (Å²) < 4.78 is 5.97. The zero-order chi connectivity index (χ0) is 19.6. The van der Waals surface area contributed by atoms with Crippen molar-refractivity contribution in [2.24, 2.45) is 4.99 Å². The maximum atomic E-state index is 12.4. The summed E-state index contributed by atoms with van der Waals surface area (Å²) in [5.74, 6) is 1.81. The van der Waals surface area contributed by atoms with Crippen LogP contribution in [0, 0.1) is 6.92 Å². The summed E-state index contributed by atoms with van der Waals surface area (Å²) >= 11 is 0. The molecule has 1 aromatic carbocycles. The van der Waals surface area contributed by atoms with Crippen LogP contribution in [0.5, 0.6) is 5.75 Å². The van der Waals surface area contributed by atoms with Crippen molar-refractivity contribution in [3.8, 4) is 5.75 Å². The fourth-order valence-electron chi connectivity index (χ4n) is 3.31. The number of guanidine groups is 1. The summed E-state index contributed by atoms with van der Waals surface area (Å²) in [4.78, 5) is 18.6. The van der Waals surface area contributed by atoms with E-state index in [1.54, 1.807) is 7.05 Å². The maximum Gasteiger partial charge on any atom is 0.224 e. The van der Waals surface area contributed by atoms with Crippen molar-refractivity contribution in [1.82, 2.24) is 15.5 Å². The predicted octanol–water partition coefficient (Wildman–Crippen LogP) is 3.34. The highest BCUT2D eigenvalue weighted by molar-refractivity contribution is 14.0. The third-order valence-electron chi connectivity index (χ3n) is 4.96. The largest absolute Gasteiger partial charge is 0.489 e. The molecular formula is C21H35IN4O2. The van der Waals surface area contributed by atoms with Gasteiger partial charge in [-0.3, -0.25) is 9.79 Å². The molecule has 1 amide bonds. The van der Waals surface area contributed by atoms with E-state index in [1.165, 1.54) is 6.42 Å². The molecular weight excluding hydrogens is 467 g/mol. The zero-order valence-electron chi connectivity index (χ0n) is 17.5. The first-order valence-corrected chi connectivity index (χ1v) is 9.97. The predicted molar refractivity (Wildman–Crippen MR) is 126 cm³/mol. The number of halogens is 1. The summed E-state index contributed by atoms with van der Waals surface area (Å²) in [6.07, 6.45) is 3.94. The Morgan fingerprint density at radius 1 is 1.32 bits per heavy atom. The minimum atomic E-state index is 0. The molecule has 6 nitrogen and oxygen atoms in total. The second kappa shape index (κ2) is 12.9. The Morgan fingerprint density at radius 3 is 2.75 bits per heavy atom. The molecule has 0 aromatic heterocycles. The lowest BCUT2D eigenvalue weighted by atomic mass is 10.0. The number of nitrogens with one attached hydrogen (secondary N) is 2. The quantitative estimate of drug-likeness (QED) is 0.341. The van der Waals surface area contributed by atoms with Crippen LogP contribution in [-0.4, -0.2) is 55.6 Å². The van der Waals surface area contributed by atoms with Crippen molar-refractivity contribution in [2.45, 2.75) is 58.6 Å². The Balaban J connectivity index is 0.00000392. The Labute approximate surface area is 186 Å². The van der Waals surface area contributed by atoms with Gasteiger partial charge in [0.2, 0.25) is 5.91 Å². The SMILES string of the molecule is CN=C(NCCC(=O)N1CCCCC1C)NCC(C)Oc1ccccc1C.I. The number of aryl methyl sites for hydroxylation is 1. The number of likely N-dealkylation sites (tertiary alicyclic amines) is 1. The van der Waals surface area contributed by atoms with E-state index in [4.69, 9.17) is 4.74 Å². The number of hydrogen-bond acceptors (Lipinski definition) is 3. The second-order valence-corrected chi connectivity index (χ2v) is 7.26. The molecule has 0 aliphatic carbocycles. The van der Waals surface area contributed by atoms with Crippen LogP contribution in [0.4, 0.5) is 0 Å². The van der Waals surface area contributed by atoms with Crippen LogP contribution in [0.3, 0.4) is 0 Å². The normalized spacial score (nSPS) is 18.1. The smallest absolute Gasteiger partial charge is 0.224 e. The Morgan fingerprint density at radius 2 is 2.07 bits per heavy atom. The van der Waals surface area contributed by atoms with Gasteiger partial charge in [-0.05, 0) is 51.7 Å². The molecule has 1 aliphatic rings. The van der Waals surface area contributed by atoms with Crippen LogP contribution in [0.15, 0.2) is 29.3 Å². The van der Waals surface area contributed by atoms with E-state index in [0.717, 1.165) is 30.7 Å². The van der Waals surface area contributed by atoms with Crippen molar-refractivity contribution < 1.29 is 9.53 Å². The molecule has 158 valence electrons. The number of hydrogen-bond donors (Lipinski definition) is 2. The van der Waals surface area contributed by atoms with Crippen molar-refractivity contribution >= 4 is 35.8 Å². The molecule has 2 N–H and O–H groups in total. The number of benzene rings is 1. The maximum absolute atomic E-state index is 12.4. The van der Waals surface area contributed by atoms with Gasteiger partial charge in [0.1, 0.15) is 11.9 Å². The highest BCUT2D eigenvalue weighted by atomic mass is 127. The Kier molecular flexibility index (Phi) is 11.3. The van der Waals surface area contributed by atoms with Crippen LogP contribution >= 0.6 is 24.0 Å². The average molecular weight is 502 g/mol. The number of ether oxygens (including phenoxy) is 1. The molecule has 1 fully saturated rings. The minimum absolute atomic E-state index is 0. The lowest BCUT2D eigenvalue weighted by Crippen LogP contribution is -2.45. The third kappa shape index (κ3) is 7.85. The van der Waals surface area contributed by atoms with E-state index in [9.17, 15) is 4.79 Å². The summed E-state index contributed by atoms with van der Waals surface area (Å²) in [5, 5.41) is 6.48. The monoisotopic (exact) mass is 502 g/mol. The molecule has 1 saturated heterocycles. The van der Waals surface area contributed by atoms with E-state index >= 15 is 0 Å².